The average Bonchev–Trinajstić information content (AvgIpc) is 2.81. The molecular formula is C28H32ClNO4Si. The number of para-hydroxylation sites is 1. The average molecular weight is 510 g/mol. The maximum absolute atomic E-state index is 13.4. The minimum Gasteiger partial charge on any atom is -0.496 e. The van der Waals surface area contributed by atoms with Crippen LogP contribution in [0.25, 0.3) is 21.8 Å². The molecule has 4 aromatic rings. The van der Waals surface area contributed by atoms with Gasteiger partial charge in [-0.2, -0.15) is 0 Å². The second-order valence-electron chi connectivity index (χ2n) is 9.97. The van der Waals surface area contributed by atoms with Crippen molar-refractivity contribution < 1.29 is 13.9 Å². The summed E-state index contributed by atoms with van der Waals surface area (Å²) in [7, 11) is 1.78. The Morgan fingerprint density at radius 3 is 2.06 bits per heavy atom. The van der Waals surface area contributed by atoms with Crippen molar-refractivity contribution in [2.75, 3.05) is 14.2 Å². The zero-order valence-corrected chi connectivity index (χ0v) is 23.2. The van der Waals surface area contributed by atoms with Crippen LogP contribution in [-0.2, 0) is 9.84 Å². The standard InChI is InChI=1S/C28H32ClNO4Si/c1-28(2,3)25-23(32-4)14-17(15-24(25)33-5)27(34-35(6)7)30-21-11-9-8-10-19(21)26(31)20-13-12-18(29)16-22(20)30/h8-16,27,35H,1-7H3. The fraction of sp³-hybridized carbons (Fsp3) is 0.321. The highest BCUT2D eigenvalue weighted by molar-refractivity contribution is 6.48. The first-order chi connectivity index (χ1) is 16.6. The van der Waals surface area contributed by atoms with Gasteiger partial charge in [0, 0.05) is 26.9 Å². The molecule has 0 aliphatic carbocycles. The number of ether oxygens (including phenoxy) is 2. The van der Waals surface area contributed by atoms with E-state index in [1.807, 2.05) is 42.5 Å². The molecule has 3 aromatic carbocycles. The fourth-order valence-corrected chi connectivity index (χ4v) is 5.62. The van der Waals surface area contributed by atoms with Gasteiger partial charge in [0.1, 0.15) is 11.5 Å². The third kappa shape index (κ3) is 4.70. The van der Waals surface area contributed by atoms with Crippen LogP contribution in [-0.4, -0.2) is 27.8 Å². The molecule has 184 valence electrons. The van der Waals surface area contributed by atoms with Crippen LogP contribution in [0.1, 0.15) is 38.1 Å². The van der Waals surface area contributed by atoms with E-state index < -0.39 is 15.3 Å². The van der Waals surface area contributed by atoms with E-state index in [0.29, 0.717) is 15.8 Å². The van der Waals surface area contributed by atoms with Crippen LogP contribution < -0.4 is 14.9 Å². The second kappa shape index (κ2) is 9.68. The van der Waals surface area contributed by atoms with E-state index in [-0.39, 0.29) is 10.8 Å². The van der Waals surface area contributed by atoms with Crippen molar-refractivity contribution in [2.24, 2.45) is 0 Å². The van der Waals surface area contributed by atoms with Crippen molar-refractivity contribution in [3.8, 4) is 11.5 Å². The maximum atomic E-state index is 13.4. The molecule has 0 bridgehead atoms. The van der Waals surface area contributed by atoms with Crippen molar-refractivity contribution in [3.63, 3.8) is 0 Å². The van der Waals surface area contributed by atoms with E-state index in [2.05, 4.69) is 38.4 Å². The second-order valence-corrected chi connectivity index (χ2v) is 12.8. The van der Waals surface area contributed by atoms with E-state index in [4.69, 9.17) is 25.5 Å². The topological polar surface area (TPSA) is 49.7 Å². The molecule has 0 saturated carbocycles. The summed E-state index contributed by atoms with van der Waals surface area (Å²) in [4.78, 5) is 13.4. The molecule has 0 radical (unpaired) electrons. The summed E-state index contributed by atoms with van der Waals surface area (Å²) in [5, 5.41) is 1.78. The normalized spacial score (nSPS) is 12.9. The van der Waals surface area contributed by atoms with Crippen LogP contribution in [0.2, 0.25) is 18.1 Å². The van der Waals surface area contributed by atoms with Gasteiger partial charge in [-0.05, 0) is 61.0 Å². The van der Waals surface area contributed by atoms with Crippen LogP contribution in [0.4, 0.5) is 0 Å². The minimum absolute atomic E-state index is 0.0256. The number of hydrogen-bond donors (Lipinski definition) is 0. The van der Waals surface area contributed by atoms with Crippen LogP contribution in [0, 0.1) is 0 Å². The lowest BCUT2D eigenvalue weighted by Gasteiger charge is -2.30. The Balaban J connectivity index is 2.13. The number of rotatable bonds is 6. The highest BCUT2D eigenvalue weighted by atomic mass is 35.5. The number of benzene rings is 3. The van der Waals surface area contributed by atoms with Gasteiger partial charge in [-0.15, -0.1) is 0 Å². The van der Waals surface area contributed by atoms with Gasteiger partial charge in [0.25, 0.3) is 0 Å². The molecular weight excluding hydrogens is 478 g/mol. The first-order valence-electron chi connectivity index (χ1n) is 11.7. The van der Waals surface area contributed by atoms with Crippen molar-refractivity contribution in [3.05, 3.63) is 81.0 Å². The Hall–Kier alpha value is -2.80. The number of halogens is 1. The molecule has 1 heterocycles. The lowest BCUT2D eigenvalue weighted by Crippen LogP contribution is -2.24. The summed E-state index contributed by atoms with van der Waals surface area (Å²) in [6.07, 6.45) is -0.509. The molecule has 35 heavy (non-hydrogen) atoms. The van der Waals surface area contributed by atoms with E-state index in [9.17, 15) is 4.79 Å². The maximum Gasteiger partial charge on any atom is 0.197 e. The highest BCUT2D eigenvalue weighted by Gasteiger charge is 2.28. The third-order valence-electron chi connectivity index (χ3n) is 6.07. The zero-order chi connectivity index (χ0) is 25.5. The van der Waals surface area contributed by atoms with Gasteiger partial charge in [0.15, 0.2) is 20.7 Å². The van der Waals surface area contributed by atoms with Crippen LogP contribution in [0.15, 0.2) is 59.4 Å². The van der Waals surface area contributed by atoms with Crippen LogP contribution in [0.3, 0.4) is 0 Å². The Morgan fingerprint density at radius 2 is 1.49 bits per heavy atom. The SMILES string of the molecule is COc1cc(C(O[SiH](C)C)n2c3ccccc3c(=O)c3ccc(Cl)cc32)cc(OC)c1C(C)(C)C. The van der Waals surface area contributed by atoms with Crippen molar-refractivity contribution in [1.82, 2.24) is 4.57 Å². The Morgan fingerprint density at radius 1 is 0.886 bits per heavy atom. The van der Waals surface area contributed by atoms with Gasteiger partial charge in [0.05, 0.1) is 25.3 Å². The molecule has 0 amide bonds. The molecule has 5 nitrogen and oxygen atoms in total. The summed E-state index contributed by atoms with van der Waals surface area (Å²) in [6.45, 7) is 10.7. The Kier molecular flexibility index (Phi) is 7.00. The van der Waals surface area contributed by atoms with Gasteiger partial charge in [0.2, 0.25) is 0 Å². The van der Waals surface area contributed by atoms with Gasteiger partial charge in [-0.25, -0.2) is 0 Å². The van der Waals surface area contributed by atoms with Crippen LogP contribution in [0.5, 0.6) is 11.5 Å². The molecule has 1 atom stereocenters. The number of nitrogens with zero attached hydrogens (tertiary/aromatic N) is 1. The van der Waals surface area contributed by atoms with Crippen molar-refractivity contribution in [2.45, 2.75) is 45.5 Å². The smallest absolute Gasteiger partial charge is 0.197 e. The van der Waals surface area contributed by atoms with Gasteiger partial charge in [-0.3, -0.25) is 4.79 Å². The summed E-state index contributed by atoms with van der Waals surface area (Å²) < 4.78 is 20.5. The largest absolute Gasteiger partial charge is 0.496 e. The number of hydrogen-bond acceptors (Lipinski definition) is 4. The monoisotopic (exact) mass is 509 g/mol. The summed E-state index contributed by atoms with van der Waals surface area (Å²) in [6, 6.07) is 17.0. The van der Waals surface area contributed by atoms with Crippen LogP contribution >= 0.6 is 11.6 Å². The Bertz CT molecular complexity index is 1430. The molecule has 0 saturated heterocycles. The predicted molar refractivity (Wildman–Crippen MR) is 147 cm³/mol. The van der Waals surface area contributed by atoms with Crippen molar-refractivity contribution >= 4 is 42.4 Å². The van der Waals surface area contributed by atoms with E-state index in [1.165, 1.54) is 0 Å². The quantitative estimate of drug-likeness (QED) is 0.215. The number of aromatic nitrogens is 1. The number of pyridine rings is 1. The molecule has 7 heteroatoms. The fourth-order valence-electron chi connectivity index (χ4n) is 4.66. The van der Waals surface area contributed by atoms with Crippen molar-refractivity contribution in [1.29, 1.82) is 0 Å². The first kappa shape index (κ1) is 25.3. The van der Waals surface area contributed by atoms with Gasteiger partial charge < -0.3 is 18.5 Å². The summed E-state index contributed by atoms with van der Waals surface area (Å²) in [5.74, 6) is 1.47. The summed E-state index contributed by atoms with van der Waals surface area (Å²) in [5.41, 5.74) is 3.15. The summed E-state index contributed by atoms with van der Waals surface area (Å²) >= 11 is 6.43. The molecule has 0 aliphatic rings. The molecule has 0 fully saturated rings. The lowest BCUT2D eigenvalue weighted by atomic mass is 9.84. The number of fused-ring (bicyclic) bond motifs is 2. The molecule has 0 N–H and O–H groups in total. The highest BCUT2D eigenvalue weighted by Crippen LogP contribution is 2.42. The molecule has 0 spiro atoms. The minimum atomic E-state index is -1.56. The van der Waals surface area contributed by atoms with Gasteiger partial charge in [-0.1, -0.05) is 44.5 Å². The Labute approximate surface area is 212 Å². The predicted octanol–water partition coefficient (Wildman–Crippen LogP) is 6.67. The molecule has 0 aliphatic heterocycles. The van der Waals surface area contributed by atoms with Gasteiger partial charge >= 0.3 is 0 Å². The molecule has 4 rings (SSSR count). The zero-order valence-electron chi connectivity index (χ0n) is 21.3. The lowest BCUT2D eigenvalue weighted by molar-refractivity contribution is 0.184. The van der Waals surface area contributed by atoms with E-state index >= 15 is 0 Å². The van der Waals surface area contributed by atoms with E-state index in [0.717, 1.165) is 33.7 Å². The third-order valence-corrected chi connectivity index (χ3v) is 7.11. The number of methoxy groups -OCH3 is 2. The van der Waals surface area contributed by atoms with E-state index in [1.54, 1.807) is 26.4 Å². The first-order valence-corrected chi connectivity index (χ1v) is 14.9. The molecule has 1 unspecified atom stereocenters. The molecule has 1 aromatic heterocycles.